The molecular formula is C13H17O3S+. The summed E-state index contributed by atoms with van der Waals surface area (Å²) < 4.78 is 4.96. The van der Waals surface area contributed by atoms with E-state index >= 15 is 0 Å². The van der Waals surface area contributed by atoms with Gasteiger partial charge in [-0.15, -0.1) is 0 Å². The van der Waals surface area contributed by atoms with Crippen LogP contribution in [0.1, 0.15) is 17.3 Å². The zero-order valence-electron chi connectivity index (χ0n) is 10.3. The number of hydrogen-bond acceptors (Lipinski definition) is 3. The third kappa shape index (κ3) is 3.60. The van der Waals surface area contributed by atoms with Crippen molar-refractivity contribution in [3.05, 3.63) is 35.9 Å². The summed E-state index contributed by atoms with van der Waals surface area (Å²) in [5.41, 5.74) is 0.562. The molecule has 3 nitrogen and oxygen atoms in total. The van der Waals surface area contributed by atoms with Crippen LogP contribution in [0.25, 0.3) is 0 Å². The molecule has 1 rings (SSSR count). The van der Waals surface area contributed by atoms with E-state index in [0.717, 1.165) is 0 Å². The number of benzene rings is 1. The number of hydrogen-bond donors (Lipinski definition) is 0. The lowest BCUT2D eigenvalue weighted by molar-refractivity contribution is -0.141. The summed E-state index contributed by atoms with van der Waals surface area (Å²) in [7, 11) is -0.340. The fraction of sp³-hybridized carbons (Fsp3) is 0.385. The van der Waals surface area contributed by atoms with Gasteiger partial charge in [0, 0.05) is 16.5 Å². The molecule has 0 bridgehead atoms. The van der Waals surface area contributed by atoms with E-state index in [4.69, 9.17) is 4.74 Å². The quantitative estimate of drug-likeness (QED) is 0.347. The second kappa shape index (κ2) is 6.45. The SMILES string of the molecule is CCOC(=O)C(C(=O)c1ccccc1)[S+](C)C. The molecule has 17 heavy (non-hydrogen) atoms. The number of rotatable bonds is 5. The van der Waals surface area contributed by atoms with Crippen molar-refractivity contribution in [2.45, 2.75) is 12.2 Å². The summed E-state index contributed by atoms with van der Waals surface area (Å²) in [6.45, 7) is 2.04. The number of ketones is 1. The summed E-state index contributed by atoms with van der Waals surface area (Å²) in [6, 6.07) is 8.87. The van der Waals surface area contributed by atoms with Gasteiger partial charge in [-0.1, -0.05) is 30.3 Å². The van der Waals surface area contributed by atoms with E-state index in [1.54, 1.807) is 31.2 Å². The predicted molar refractivity (Wildman–Crippen MR) is 70.4 cm³/mol. The summed E-state index contributed by atoms with van der Waals surface area (Å²) in [4.78, 5) is 24.0. The fourth-order valence-corrected chi connectivity index (χ4v) is 2.50. The number of Topliss-reactive ketones (excluding diaryl/α,β-unsaturated/α-hetero) is 1. The molecule has 0 aromatic heterocycles. The Labute approximate surface area is 105 Å². The molecule has 0 aliphatic carbocycles. The Hall–Kier alpha value is -1.29. The van der Waals surface area contributed by atoms with Crippen LogP contribution in [0, 0.1) is 0 Å². The molecule has 1 atom stereocenters. The molecule has 0 saturated carbocycles. The highest BCUT2D eigenvalue weighted by atomic mass is 32.2. The Morgan fingerprint density at radius 2 is 1.82 bits per heavy atom. The van der Waals surface area contributed by atoms with Crippen LogP contribution in [0.3, 0.4) is 0 Å². The summed E-state index contributed by atoms with van der Waals surface area (Å²) in [5.74, 6) is -0.577. The average molecular weight is 253 g/mol. The van der Waals surface area contributed by atoms with Gasteiger partial charge >= 0.3 is 5.97 Å². The van der Waals surface area contributed by atoms with Crippen molar-refractivity contribution in [2.75, 3.05) is 19.1 Å². The van der Waals surface area contributed by atoms with Crippen LogP contribution in [0.5, 0.6) is 0 Å². The second-order valence-electron chi connectivity index (χ2n) is 3.74. The standard InChI is InChI=1S/C13H17O3S/c1-4-16-13(15)12(17(2)3)11(14)10-8-6-5-7-9-10/h5-9,12H,4H2,1-3H3/q+1. The lowest BCUT2D eigenvalue weighted by atomic mass is 10.1. The van der Waals surface area contributed by atoms with Gasteiger partial charge in [0.2, 0.25) is 5.78 Å². The molecule has 4 heteroatoms. The maximum atomic E-state index is 12.2. The van der Waals surface area contributed by atoms with Crippen molar-refractivity contribution in [1.82, 2.24) is 0 Å². The highest BCUT2D eigenvalue weighted by Gasteiger charge is 2.39. The lowest BCUT2D eigenvalue weighted by Gasteiger charge is -2.11. The molecule has 0 aliphatic heterocycles. The zero-order chi connectivity index (χ0) is 12.8. The van der Waals surface area contributed by atoms with Crippen LogP contribution in [0.2, 0.25) is 0 Å². The topological polar surface area (TPSA) is 43.4 Å². The maximum absolute atomic E-state index is 12.2. The van der Waals surface area contributed by atoms with Crippen LogP contribution >= 0.6 is 0 Å². The maximum Gasteiger partial charge on any atom is 0.367 e. The molecule has 0 aliphatic rings. The molecule has 0 heterocycles. The Bertz CT molecular complexity index is 387. The van der Waals surface area contributed by atoms with Crippen LogP contribution in [-0.4, -0.2) is 36.1 Å². The van der Waals surface area contributed by atoms with Crippen LogP contribution in [0.4, 0.5) is 0 Å². The Balaban J connectivity index is 2.92. The van der Waals surface area contributed by atoms with Gasteiger partial charge in [-0.3, -0.25) is 4.79 Å². The minimum absolute atomic E-state index is 0.155. The summed E-state index contributed by atoms with van der Waals surface area (Å²) >= 11 is 0. The molecular weight excluding hydrogens is 236 g/mol. The Morgan fingerprint density at radius 1 is 1.24 bits per heavy atom. The normalized spacial score (nSPS) is 12.2. The molecule has 0 spiro atoms. The first kappa shape index (κ1) is 13.8. The predicted octanol–water partition coefficient (Wildman–Crippen LogP) is 1.68. The molecule has 0 amide bonds. The molecule has 1 aromatic rings. The molecule has 92 valence electrons. The van der Waals surface area contributed by atoms with E-state index < -0.39 is 11.2 Å². The first-order chi connectivity index (χ1) is 8.07. The van der Waals surface area contributed by atoms with Crippen molar-refractivity contribution in [2.24, 2.45) is 0 Å². The largest absolute Gasteiger partial charge is 0.462 e. The molecule has 0 N–H and O–H groups in total. The number of carbonyl (C=O) groups is 2. The zero-order valence-corrected chi connectivity index (χ0v) is 11.1. The van der Waals surface area contributed by atoms with Gasteiger partial charge in [0.1, 0.15) is 0 Å². The molecule has 0 fully saturated rings. The van der Waals surface area contributed by atoms with Gasteiger partial charge in [-0.2, -0.15) is 0 Å². The fourth-order valence-electron chi connectivity index (χ4n) is 1.49. The van der Waals surface area contributed by atoms with Crippen LogP contribution in [-0.2, 0) is 20.4 Å². The number of carbonyl (C=O) groups excluding carboxylic acids is 2. The number of esters is 1. The molecule has 0 radical (unpaired) electrons. The monoisotopic (exact) mass is 253 g/mol. The van der Waals surface area contributed by atoms with Crippen molar-refractivity contribution >= 4 is 22.6 Å². The third-order valence-corrected chi connectivity index (χ3v) is 3.62. The molecule has 0 saturated heterocycles. The van der Waals surface area contributed by atoms with E-state index in [-0.39, 0.29) is 16.7 Å². The summed E-state index contributed by atoms with van der Waals surface area (Å²) in [6.07, 6.45) is 3.75. The van der Waals surface area contributed by atoms with Crippen LogP contribution in [0.15, 0.2) is 30.3 Å². The minimum Gasteiger partial charge on any atom is -0.462 e. The first-order valence-electron chi connectivity index (χ1n) is 5.40. The van der Waals surface area contributed by atoms with Crippen LogP contribution < -0.4 is 0 Å². The van der Waals surface area contributed by atoms with E-state index in [2.05, 4.69) is 0 Å². The van der Waals surface area contributed by atoms with Crippen molar-refractivity contribution in [1.29, 1.82) is 0 Å². The van der Waals surface area contributed by atoms with Gasteiger partial charge in [0.05, 0.1) is 19.1 Å². The Kier molecular flexibility index (Phi) is 5.22. The first-order valence-corrected chi connectivity index (χ1v) is 7.50. The molecule has 1 unspecified atom stereocenters. The second-order valence-corrected chi connectivity index (χ2v) is 5.97. The lowest BCUT2D eigenvalue weighted by Crippen LogP contribution is -2.38. The van der Waals surface area contributed by atoms with Crippen molar-refractivity contribution in [3.63, 3.8) is 0 Å². The third-order valence-electron chi connectivity index (χ3n) is 2.27. The highest BCUT2D eigenvalue weighted by Crippen LogP contribution is 2.12. The average Bonchev–Trinajstić information content (AvgIpc) is 2.30. The van der Waals surface area contributed by atoms with Gasteiger partial charge in [-0.25, -0.2) is 4.79 Å². The van der Waals surface area contributed by atoms with E-state index in [9.17, 15) is 9.59 Å². The van der Waals surface area contributed by atoms with Gasteiger partial charge < -0.3 is 4.74 Å². The van der Waals surface area contributed by atoms with E-state index in [0.29, 0.717) is 12.2 Å². The molecule has 1 aromatic carbocycles. The smallest absolute Gasteiger partial charge is 0.367 e. The van der Waals surface area contributed by atoms with Gasteiger partial charge in [0.15, 0.2) is 0 Å². The minimum atomic E-state index is -0.683. The van der Waals surface area contributed by atoms with Gasteiger partial charge in [-0.05, 0) is 6.92 Å². The highest BCUT2D eigenvalue weighted by molar-refractivity contribution is 7.97. The van der Waals surface area contributed by atoms with E-state index in [1.807, 2.05) is 18.6 Å². The number of ether oxygens (including phenoxy) is 1. The van der Waals surface area contributed by atoms with Gasteiger partial charge in [0.25, 0.3) is 5.25 Å². The van der Waals surface area contributed by atoms with Crippen molar-refractivity contribution < 1.29 is 14.3 Å². The van der Waals surface area contributed by atoms with Crippen molar-refractivity contribution in [3.8, 4) is 0 Å². The Morgan fingerprint density at radius 3 is 2.29 bits per heavy atom. The summed E-state index contributed by atoms with van der Waals surface area (Å²) in [5, 5.41) is -0.683. The van der Waals surface area contributed by atoms with E-state index in [1.165, 1.54) is 0 Å².